The van der Waals surface area contributed by atoms with Crippen molar-refractivity contribution in [1.82, 2.24) is 0 Å². The topological polar surface area (TPSA) is 95.1 Å². The van der Waals surface area contributed by atoms with Gasteiger partial charge in [-0.15, -0.1) is 0 Å². The van der Waals surface area contributed by atoms with Crippen LogP contribution < -0.4 is 29.6 Å². The second-order valence-electron chi connectivity index (χ2n) is 7.00. The SMILES string of the molecule is COc1ccc(O[C@@H](C)C(=O)Nc2cc(OC)c(NC(=O)c3ccccc3)cc2OC)cc1. The number of carbonyl (C=O) groups excluding carboxylic acids is 2. The molecule has 3 rings (SSSR count). The van der Waals surface area contributed by atoms with E-state index in [1.165, 1.54) is 14.2 Å². The minimum absolute atomic E-state index is 0.297. The molecule has 0 radical (unpaired) electrons. The summed E-state index contributed by atoms with van der Waals surface area (Å²) in [4.78, 5) is 25.3. The predicted octanol–water partition coefficient (Wildman–Crippen LogP) is 4.37. The largest absolute Gasteiger partial charge is 0.497 e. The lowest BCUT2D eigenvalue weighted by Crippen LogP contribution is -2.30. The smallest absolute Gasteiger partial charge is 0.265 e. The molecule has 0 fully saturated rings. The number of rotatable bonds is 9. The van der Waals surface area contributed by atoms with E-state index in [0.717, 1.165) is 0 Å². The Labute approximate surface area is 192 Å². The van der Waals surface area contributed by atoms with Crippen molar-refractivity contribution in [2.24, 2.45) is 0 Å². The molecule has 8 nitrogen and oxygen atoms in total. The molecule has 0 saturated heterocycles. The van der Waals surface area contributed by atoms with Crippen LogP contribution in [0.4, 0.5) is 11.4 Å². The van der Waals surface area contributed by atoms with Crippen molar-refractivity contribution in [3.05, 3.63) is 72.3 Å². The number of nitrogens with one attached hydrogen (secondary N) is 2. The summed E-state index contributed by atoms with van der Waals surface area (Å²) in [7, 11) is 4.52. The van der Waals surface area contributed by atoms with Gasteiger partial charge in [0.2, 0.25) is 0 Å². The highest BCUT2D eigenvalue weighted by molar-refractivity contribution is 6.05. The molecule has 0 bridgehead atoms. The Hall–Kier alpha value is -4.20. The molecule has 8 heteroatoms. The summed E-state index contributed by atoms with van der Waals surface area (Å²) >= 11 is 0. The van der Waals surface area contributed by atoms with Crippen molar-refractivity contribution in [2.45, 2.75) is 13.0 Å². The van der Waals surface area contributed by atoms with Crippen molar-refractivity contribution >= 4 is 23.2 Å². The molecule has 0 aromatic heterocycles. The van der Waals surface area contributed by atoms with E-state index >= 15 is 0 Å². The maximum absolute atomic E-state index is 12.7. The van der Waals surface area contributed by atoms with Gasteiger partial charge in [0.05, 0.1) is 32.7 Å². The zero-order chi connectivity index (χ0) is 23.8. The second-order valence-corrected chi connectivity index (χ2v) is 7.00. The molecule has 0 unspecified atom stereocenters. The van der Waals surface area contributed by atoms with Crippen LogP contribution in [0.5, 0.6) is 23.0 Å². The molecule has 3 aromatic carbocycles. The number of carbonyl (C=O) groups is 2. The molecular weight excluding hydrogens is 424 g/mol. The normalized spacial score (nSPS) is 11.2. The molecule has 2 amide bonds. The van der Waals surface area contributed by atoms with E-state index in [9.17, 15) is 9.59 Å². The lowest BCUT2D eigenvalue weighted by atomic mass is 10.2. The monoisotopic (exact) mass is 450 g/mol. The van der Waals surface area contributed by atoms with E-state index in [1.54, 1.807) is 74.7 Å². The van der Waals surface area contributed by atoms with Crippen LogP contribution >= 0.6 is 0 Å². The first kappa shape index (κ1) is 23.5. The Bertz CT molecular complexity index is 1100. The van der Waals surface area contributed by atoms with Crippen molar-refractivity contribution < 1.29 is 28.5 Å². The average molecular weight is 450 g/mol. The Morgan fingerprint density at radius 1 is 0.727 bits per heavy atom. The van der Waals surface area contributed by atoms with Gasteiger partial charge >= 0.3 is 0 Å². The molecule has 0 spiro atoms. The lowest BCUT2D eigenvalue weighted by Gasteiger charge is -2.18. The minimum Gasteiger partial charge on any atom is -0.497 e. The molecule has 172 valence electrons. The molecule has 0 saturated carbocycles. The van der Waals surface area contributed by atoms with E-state index in [1.807, 2.05) is 6.07 Å². The van der Waals surface area contributed by atoms with Gasteiger partial charge in [-0.1, -0.05) is 18.2 Å². The summed E-state index contributed by atoms with van der Waals surface area (Å²) in [5.41, 5.74) is 1.28. The molecule has 0 aliphatic carbocycles. The van der Waals surface area contributed by atoms with Gasteiger partial charge in [-0.25, -0.2) is 0 Å². The average Bonchev–Trinajstić information content (AvgIpc) is 2.85. The summed E-state index contributed by atoms with van der Waals surface area (Å²) in [5.74, 6) is 1.25. The Balaban J connectivity index is 1.75. The van der Waals surface area contributed by atoms with Gasteiger partial charge in [-0.3, -0.25) is 9.59 Å². The Morgan fingerprint density at radius 2 is 1.27 bits per heavy atom. The van der Waals surface area contributed by atoms with E-state index in [4.69, 9.17) is 18.9 Å². The molecule has 1 atom stereocenters. The zero-order valence-electron chi connectivity index (χ0n) is 18.9. The number of benzene rings is 3. The number of amides is 2. The first-order valence-electron chi connectivity index (χ1n) is 10.2. The first-order chi connectivity index (χ1) is 15.9. The summed E-state index contributed by atoms with van der Waals surface area (Å²) < 4.78 is 21.7. The van der Waals surface area contributed by atoms with Gasteiger partial charge in [0, 0.05) is 17.7 Å². The zero-order valence-corrected chi connectivity index (χ0v) is 18.9. The fourth-order valence-electron chi connectivity index (χ4n) is 3.02. The fourth-order valence-corrected chi connectivity index (χ4v) is 3.02. The van der Waals surface area contributed by atoms with Crippen LogP contribution in [0, 0.1) is 0 Å². The standard InChI is InChI=1S/C25H26N2O6/c1-16(33-19-12-10-18(30-2)11-13-19)24(28)26-20-14-23(32-4)21(15-22(20)31-3)27-25(29)17-8-6-5-7-9-17/h5-16H,1-4H3,(H,26,28)(H,27,29)/t16-/m0/s1. The first-order valence-corrected chi connectivity index (χ1v) is 10.2. The van der Waals surface area contributed by atoms with Crippen molar-refractivity contribution in [3.63, 3.8) is 0 Å². The summed E-state index contributed by atoms with van der Waals surface area (Å²) in [6.07, 6.45) is -0.786. The molecular formula is C25H26N2O6. The molecule has 0 aliphatic rings. The van der Waals surface area contributed by atoms with E-state index in [0.29, 0.717) is 39.9 Å². The van der Waals surface area contributed by atoms with Crippen LogP contribution in [-0.4, -0.2) is 39.2 Å². The second kappa shape index (κ2) is 10.9. The molecule has 2 N–H and O–H groups in total. The summed E-state index contributed by atoms with van der Waals surface area (Å²) in [6.45, 7) is 1.64. The van der Waals surface area contributed by atoms with Gasteiger partial charge in [-0.2, -0.15) is 0 Å². The molecule has 0 heterocycles. The Morgan fingerprint density at radius 3 is 1.82 bits per heavy atom. The highest BCUT2D eigenvalue weighted by Gasteiger charge is 2.20. The fraction of sp³-hybridized carbons (Fsp3) is 0.200. The van der Waals surface area contributed by atoms with Gasteiger partial charge in [0.25, 0.3) is 11.8 Å². The Kier molecular flexibility index (Phi) is 7.75. The third kappa shape index (κ3) is 5.94. The van der Waals surface area contributed by atoms with Gasteiger partial charge < -0.3 is 29.6 Å². The van der Waals surface area contributed by atoms with Crippen molar-refractivity contribution in [3.8, 4) is 23.0 Å². The van der Waals surface area contributed by atoms with Crippen LogP contribution in [0.15, 0.2) is 66.7 Å². The third-order valence-electron chi connectivity index (χ3n) is 4.81. The highest BCUT2D eigenvalue weighted by atomic mass is 16.5. The number of hydrogen-bond donors (Lipinski definition) is 2. The maximum atomic E-state index is 12.7. The molecule has 33 heavy (non-hydrogen) atoms. The predicted molar refractivity (Wildman–Crippen MR) is 126 cm³/mol. The van der Waals surface area contributed by atoms with Crippen LogP contribution in [0.1, 0.15) is 17.3 Å². The van der Waals surface area contributed by atoms with Crippen molar-refractivity contribution in [2.75, 3.05) is 32.0 Å². The highest BCUT2D eigenvalue weighted by Crippen LogP contribution is 2.37. The van der Waals surface area contributed by atoms with Crippen LogP contribution in [-0.2, 0) is 4.79 Å². The summed E-state index contributed by atoms with van der Waals surface area (Å²) in [5, 5.41) is 5.59. The van der Waals surface area contributed by atoms with E-state index in [2.05, 4.69) is 10.6 Å². The molecule has 0 aliphatic heterocycles. The van der Waals surface area contributed by atoms with Gasteiger partial charge in [-0.05, 0) is 43.3 Å². The van der Waals surface area contributed by atoms with Crippen LogP contribution in [0.25, 0.3) is 0 Å². The maximum Gasteiger partial charge on any atom is 0.265 e. The van der Waals surface area contributed by atoms with E-state index in [-0.39, 0.29) is 11.8 Å². The minimum atomic E-state index is -0.786. The number of ether oxygens (including phenoxy) is 4. The number of hydrogen-bond acceptors (Lipinski definition) is 6. The quantitative estimate of drug-likeness (QED) is 0.503. The van der Waals surface area contributed by atoms with Gasteiger partial charge in [0.15, 0.2) is 6.10 Å². The summed E-state index contributed by atoms with van der Waals surface area (Å²) in [6, 6.07) is 18.9. The number of anilines is 2. The lowest BCUT2D eigenvalue weighted by molar-refractivity contribution is -0.122. The molecule has 3 aromatic rings. The van der Waals surface area contributed by atoms with Crippen LogP contribution in [0.2, 0.25) is 0 Å². The van der Waals surface area contributed by atoms with Gasteiger partial charge in [0.1, 0.15) is 23.0 Å². The van der Waals surface area contributed by atoms with Crippen LogP contribution in [0.3, 0.4) is 0 Å². The van der Waals surface area contributed by atoms with Crippen molar-refractivity contribution in [1.29, 1.82) is 0 Å². The van der Waals surface area contributed by atoms with E-state index < -0.39 is 6.10 Å². The third-order valence-corrected chi connectivity index (χ3v) is 4.81. The number of methoxy groups -OCH3 is 3.